The molecule has 1 saturated heterocycles. The Morgan fingerprint density at radius 1 is 1.28 bits per heavy atom. The molecule has 1 N–H and O–H groups in total. The highest BCUT2D eigenvalue weighted by molar-refractivity contribution is 7.89. The van der Waals surface area contributed by atoms with Crippen molar-refractivity contribution in [2.45, 2.75) is 38.5 Å². The van der Waals surface area contributed by atoms with Gasteiger partial charge in [-0.25, -0.2) is 13.2 Å². The zero-order chi connectivity index (χ0) is 21.4. The van der Waals surface area contributed by atoms with E-state index in [1.54, 1.807) is 39.0 Å². The summed E-state index contributed by atoms with van der Waals surface area (Å²) >= 11 is 0. The number of sulfonamides is 1. The van der Waals surface area contributed by atoms with Gasteiger partial charge in [0.25, 0.3) is 0 Å². The van der Waals surface area contributed by atoms with E-state index in [2.05, 4.69) is 10.2 Å². The number of nitrogens with one attached hydrogen (secondary N) is 1. The van der Waals surface area contributed by atoms with Gasteiger partial charge in [0.2, 0.25) is 10.0 Å². The predicted octanol–water partition coefficient (Wildman–Crippen LogP) is 2.70. The normalized spacial score (nSPS) is 14.7. The third kappa shape index (κ3) is 5.28. The Hall–Kier alpha value is -2.57. The summed E-state index contributed by atoms with van der Waals surface area (Å²) in [5.74, 6) is -0.725. The van der Waals surface area contributed by atoms with E-state index in [9.17, 15) is 18.5 Å². The number of nitrogens with zero attached hydrogens (tertiary/aromatic N) is 3. The van der Waals surface area contributed by atoms with Gasteiger partial charge >= 0.3 is 5.97 Å². The molecule has 0 aromatic heterocycles. The van der Waals surface area contributed by atoms with Gasteiger partial charge in [0.1, 0.15) is 6.07 Å². The summed E-state index contributed by atoms with van der Waals surface area (Å²) in [6.45, 7) is 7.88. The van der Waals surface area contributed by atoms with Gasteiger partial charge in [-0.15, -0.1) is 0 Å². The van der Waals surface area contributed by atoms with Crippen LogP contribution in [0.5, 0.6) is 0 Å². The number of benzene rings is 1. The average molecular weight is 421 g/mol. The molecule has 0 spiro atoms. The van der Waals surface area contributed by atoms with Gasteiger partial charge in [0.05, 0.1) is 22.9 Å². The molecular weight excluding hydrogens is 392 g/mol. The molecule has 1 heterocycles. The minimum Gasteiger partial charge on any atom is -0.462 e. The molecular formula is C20H28N4O4S. The first-order chi connectivity index (χ1) is 13.9. The molecule has 0 unspecified atom stereocenters. The van der Waals surface area contributed by atoms with Crippen LogP contribution in [0.1, 0.15) is 33.6 Å². The largest absolute Gasteiger partial charge is 0.462 e. The summed E-state index contributed by atoms with van der Waals surface area (Å²) in [7, 11) is -3.64. The number of nitriles is 1. The molecule has 0 bridgehead atoms. The molecule has 0 radical (unpaired) electrons. The van der Waals surface area contributed by atoms with E-state index in [-0.39, 0.29) is 17.1 Å². The lowest BCUT2D eigenvalue weighted by Gasteiger charge is -2.24. The maximum Gasteiger partial charge on any atom is 0.350 e. The van der Waals surface area contributed by atoms with Gasteiger partial charge in [0.15, 0.2) is 5.57 Å². The number of anilines is 2. The number of esters is 1. The highest BCUT2D eigenvalue weighted by Gasteiger charge is 2.24. The lowest BCUT2D eigenvalue weighted by Crippen LogP contribution is -2.30. The van der Waals surface area contributed by atoms with Crippen molar-refractivity contribution in [3.63, 3.8) is 0 Å². The van der Waals surface area contributed by atoms with Crippen molar-refractivity contribution >= 4 is 27.4 Å². The van der Waals surface area contributed by atoms with E-state index >= 15 is 0 Å². The lowest BCUT2D eigenvalue weighted by atomic mass is 10.2. The average Bonchev–Trinajstić information content (AvgIpc) is 3.24. The molecule has 29 heavy (non-hydrogen) atoms. The molecule has 1 aromatic carbocycles. The molecule has 8 nitrogen and oxygen atoms in total. The summed E-state index contributed by atoms with van der Waals surface area (Å²) in [5.41, 5.74) is 1.17. The molecule has 0 atom stereocenters. The van der Waals surface area contributed by atoms with Gasteiger partial charge in [-0.2, -0.15) is 9.57 Å². The molecule has 1 fully saturated rings. The summed E-state index contributed by atoms with van der Waals surface area (Å²) in [6, 6.07) is 6.74. The van der Waals surface area contributed by atoms with Gasteiger partial charge in [-0.05, 0) is 38.0 Å². The number of carbonyl (C=O) groups excluding carboxylic acids is 1. The van der Waals surface area contributed by atoms with Crippen LogP contribution in [0.3, 0.4) is 0 Å². The minimum atomic E-state index is -3.64. The molecule has 0 aliphatic carbocycles. The number of hydrogen-bond donors (Lipinski definition) is 1. The third-order valence-corrected chi connectivity index (χ3v) is 6.79. The Labute approximate surface area is 172 Å². The Balaban J connectivity index is 2.46. The molecule has 1 aliphatic rings. The van der Waals surface area contributed by atoms with E-state index in [4.69, 9.17) is 4.74 Å². The van der Waals surface area contributed by atoms with Crippen LogP contribution in [0, 0.1) is 11.3 Å². The number of hydrogen-bond acceptors (Lipinski definition) is 7. The smallest absolute Gasteiger partial charge is 0.350 e. The van der Waals surface area contributed by atoms with Gasteiger partial charge in [-0.1, -0.05) is 13.8 Å². The van der Waals surface area contributed by atoms with E-state index in [1.165, 1.54) is 10.5 Å². The van der Waals surface area contributed by atoms with Crippen LogP contribution in [0.4, 0.5) is 11.4 Å². The van der Waals surface area contributed by atoms with Crippen molar-refractivity contribution in [2.75, 3.05) is 43.0 Å². The van der Waals surface area contributed by atoms with E-state index in [0.29, 0.717) is 18.8 Å². The first kappa shape index (κ1) is 22.7. The van der Waals surface area contributed by atoms with Crippen LogP contribution in [-0.2, 0) is 19.6 Å². The van der Waals surface area contributed by atoms with Gasteiger partial charge < -0.3 is 15.0 Å². The Morgan fingerprint density at radius 2 is 1.93 bits per heavy atom. The Kier molecular flexibility index (Phi) is 8.05. The highest BCUT2D eigenvalue weighted by Crippen LogP contribution is 2.32. The Bertz CT molecular complexity index is 896. The fourth-order valence-electron chi connectivity index (χ4n) is 3.23. The number of ether oxygens (including phenoxy) is 1. The van der Waals surface area contributed by atoms with Crippen LogP contribution in [-0.4, -0.2) is 51.5 Å². The molecule has 0 saturated carbocycles. The van der Waals surface area contributed by atoms with Crippen molar-refractivity contribution in [3.8, 4) is 6.07 Å². The van der Waals surface area contributed by atoms with Crippen LogP contribution < -0.4 is 10.2 Å². The van der Waals surface area contributed by atoms with Crippen molar-refractivity contribution in [2.24, 2.45) is 0 Å². The fraction of sp³-hybridized carbons (Fsp3) is 0.500. The molecule has 1 aromatic rings. The van der Waals surface area contributed by atoms with Crippen molar-refractivity contribution in [3.05, 3.63) is 30.0 Å². The first-order valence-corrected chi connectivity index (χ1v) is 11.3. The zero-order valence-corrected chi connectivity index (χ0v) is 18.0. The second-order valence-corrected chi connectivity index (χ2v) is 8.43. The monoisotopic (exact) mass is 420 g/mol. The van der Waals surface area contributed by atoms with Crippen molar-refractivity contribution in [1.82, 2.24) is 4.31 Å². The fourth-order valence-corrected chi connectivity index (χ4v) is 4.72. The first-order valence-electron chi connectivity index (χ1n) is 9.82. The molecule has 9 heteroatoms. The third-order valence-electron chi connectivity index (χ3n) is 4.75. The van der Waals surface area contributed by atoms with E-state index in [1.807, 2.05) is 6.07 Å². The van der Waals surface area contributed by atoms with Gasteiger partial charge in [-0.3, -0.25) is 0 Å². The maximum absolute atomic E-state index is 12.9. The second-order valence-electron chi connectivity index (χ2n) is 6.50. The standard InChI is InChI=1S/C20H28N4O4S/c1-4-24(5-2)29(26,27)17-9-10-19(23-11-7-8-12-23)18(13-17)22-15-16(14-21)20(25)28-6-3/h9-10,13,15,22H,4-8,11-12H2,1-3H3/b16-15+. The number of rotatable bonds is 9. The van der Waals surface area contributed by atoms with Crippen molar-refractivity contribution in [1.29, 1.82) is 5.26 Å². The summed E-state index contributed by atoms with van der Waals surface area (Å²) < 4.78 is 32.1. The van der Waals surface area contributed by atoms with Crippen LogP contribution in [0.15, 0.2) is 34.9 Å². The zero-order valence-electron chi connectivity index (χ0n) is 17.1. The molecule has 0 amide bonds. The molecule has 158 valence electrons. The summed E-state index contributed by atoms with van der Waals surface area (Å²) in [6.07, 6.45) is 3.38. The Morgan fingerprint density at radius 3 is 2.48 bits per heavy atom. The van der Waals surface area contributed by atoms with Crippen LogP contribution in [0.2, 0.25) is 0 Å². The minimum absolute atomic E-state index is 0.161. The van der Waals surface area contributed by atoms with Crippen LogP contribution >= 0.6 is 0 Å². The van der Waals surface area contributed by atoms with E-state index < -0.39 is 16.0 Å². The SMILES string of the molecule is CCOC(=O)/C(C#N)=C/Nc1cc(S(=O)(=O)N(CC)CC)ccc1N1CCCC1. The summed E-state index contributed by atoms with van der Waals surface area (Å²) in [5, 5.41) is 12.2. The highest BCUT2D eigenvalue weighted by atomic mass is 32.2. The van der Waals surface area contributed by atoms with Gasteiger partial charge in [0, 0.05) is 32.4 Å². The van der Waals surface area contributed by atoms with Crippen LogP contribution in [0.25, 0.3) is 0 Å². The predicted molar refractivity (Wildman–Crippen MR) is 112 cm³/mol. The van der Waals surface area contributed by atoms with Crippen molar-refractivity contribution < 1.29 is 17.9 Å². The number of carbonyl (C=O) groups is 1. The molecule has 1 aliphatic heterocycles. The topological polar surface area (TPSA) is 103 Å². The molecule has 2 rings (SSSR count). The van der Waals surface area contributed by atoms with E-state index in [0.717, 1.165) is 31.6 Å². The quantitative estimate of drug-likeness (QED) is 0.372. The lowest BCUT2D eigenvalue weighted by molar-refractivity contribution is -0.138. The summed E-state index contributed by atoms with van der Waals surface area (Å²) in [4.78, 5) is 14.2. The second kappa shape index (κ2) is 10.3. The maximum atomic E-state index is 12.9.